The summed E-state index contributed by atoms with van der Waals surface area (Å²) in [4.78, 5) is 32.5. The Labute approximate surface area is 260 Å². The molecule has 224 valence electrons. The van der Waals surface area contributed by atoms with E-state index < -0.39 is 12.1 Å². The molecule has 3 heterocycles. The summed E-state index contributed by atoms with van der Waals surface area (Å²) in [5.41, 5.74) is 2.22. The van der Waals surface area contributed by atoms with Crippen molar-refractivity contribution in [1.82, 2.24) is 29.7 Å². The number of methoxy groups -OCH3 is 1. The lowest BCUT2D eigenvalue weighted by molar-refractivity contribution is -0.140. The van der Waals surface area contributed by atoms with Crippen molar-refractivity contribution in [3.8, 4) is 5.69 Å². The minimum Gasteiger partial charge on any atom is -0.445 e. The molecule has 5 rings (SSSR count). The molecule has 0 saturated carbocycles. The highest BCUT2D eigenvalue weighted by atomic mass is 35.5. The summed E-state index contributed by atoms with van der Waals surface area (Å²) in [5.74, 6) is -0.0928. The second-order valence-corrected chi connectivity index (χ2v) is 12.0. The highest BCUT2D eigenvalue weighted by Gasteiger charge is 2.44. The van der Waals surface area contributed by atoms with Gasteiger partial charge in [0.05, 0.1) is 45.3 Å². The van der Waals surface area contributed by atoms with Gasteiger partial charge in [0, 0.05) is 45.2 Å². The Morgan fingerprint density at radius 1 is 0.976 bits per heavy atom. The molecule has 2 aliphatic rings. The van der Waals surface area contributed by atoms with Gasteiger partial charge in [-0.05, 0) is 31.5 Å². The second-order valence-electron chi connectivity index (χ2n) is 10.8. The summed E-state index contributed by atoms with van der Waals surface area (Å²) in [6.45, 7) is 6.17. The Morgan fingerprint density at radius 2 is 1.67 bits per heavy atom. The SMILES string of the molecule is CO[C@@H]1C[C@H](C(=O)N2C[C@@H](C)N(Cc3cn(-c4cc(Cl)c(Cl)cc4Cl)nn3)[C@@H](C)C2)N(C(=O)OCc2ccccc2)C1. The van der Waals surface area contributed by atoms with Gasteiger partial charge < -0.3 is 14.4 Å². The van der Waals surface area contributed by atoms with Crippen LogP contribution in [0.3, 0.4) is 0 Å². The fourth-order valence-corrected chi connectivity index (χ4v) is 6.26. The first-order valence-electron chi connectivity index (χ1n) is 13.7. The molecule has 0 aliphatic carbocycles. The molecule has 42 heavy (non-hydrogen) atoms. The summed E-state index contributed by atoms with van der Waals surface area (Å²) in [6, 6.07) is 12.1. The molecule has 0 unspecified atom stereocenters. The molecule has 0 radical (unpaired) electrons. The molecule has 4 atom stereocenters. The summed E-state index contributed by atoms with van der Waals surface area (Å²) in [6.07, 6.45) is 1.50. The number of piperazine rings is 1. The van der Waals surface area contributed by atoms with Gasteiger partial charge in [-0.15, -0.1) is 5.10 Å². The van der Waals surface area contributed by atoms with Crippen LogP contribution in [-0.2, 0) is 27.4 Å². The minimum atomic E-state index is -0.639. The monoisotopic (exact) mass is 634 g/mol. The molecule has 0 spiro atoms. The van der Waals surface area contributed by atoms with Gasteiger partial charge >= 0.3 is 6.09 Å². The average molecular weight is 636 g/mol. The van der Waals surface area contributed by atoms with Crippen molar-refractivity contribution in [1.29, 1.82) is 0 Å². The molecule has 3 aromatic rings. The highest BCUT2D eigenvalue weighted by Crippen LogP contribution is 2.31. The van der Waals surface area contributed by atoms with E-state index in [2.05, 4.69) is 29.1 Å². The number of amides is 2. The molecular weight excluding hydrogens is 603 g/mol. The van der Waals surface area contributed by atoms with Crippen molar-refractivity contribution in [2.75, 3.05) is 26.7 Å². The number of rotatable bonds is 7. The van der Waals surface area contributed by atoms with Crippen molar-refractivity contribution >= 4 is 46.8 Å². The number of benzene rings is 2. The third-order valence-electron chi connectivity index (χ3n) is 7.86. The molecule has 10 nitrogen and oxygen atoms in total. The summed E-state index contributed by atoms with van der Waals surface area (Å²) >= 11 is 18.6. The summed E-state index contributed by atoms with van der Waals surface area (Å²) < 4.78 is 12.7. The van der Waals surface area contributed by atoms with E-state index in [1.54, 1.807) is 23.9 Å². The molecule has 0 bridgehead atoms. The first-order valence-corrected chi connectivity index (χ1v) is 14.9. The molecule has 2 aliphatic heterocycles. The van der Waals surface area contributed by atoms with E-state index in [-0.39, 0.29) is 30.7 Å². The lowest BCUT2D eigenvalue weighted by Gasteiger charge is -2.45. The van der Waals surface area contributed by atoms with E-state index in [4.69, 9.17) is 44.3 Å². The smallest absolute Gasteiger partial charge is 0.410 e. The standard InChI is InChI=1S/C29H33Cl3N6O4/c1-18-12-35(28(39)27-9-22(41-3)16-37(27)29(40)42-17-20-7-5-4-6-8-20)13-19(2)36(18)14-21-15-38(34-33-21)26-11-24(31)23(30)10-25(26)32/h4-8,10-11,15,18-19,22,27H,9,12-14,16-17H2,1-3H3/t18-,19+,22-,27-/m1/s1. The van der Waals surface area contributed by atoms with Crippen molar-refractivity contribution in [2.45, 2.75) is 57.6 Å². The van der Waals surface area contributed by atoms with Gasteiger partial charge in [-0.2, -0.15) is 0 Å². The predicted octanol–water partition coefficient (Wildman–Crippen LogP) is 5.07. The predicted molar refractivity (Wildman–Crippen MR) is 160 cm³/mol. The van der Waals surface area contributed by atoms with Crippen LogP contribution in [0.25, 0.3) is 5.69 Å². The van der Waals surface area contributed by atoms with Crippen LogP contribution in [0.4, 0.5) is 4.79 Å². The van der Waals surface area contributed by atoms with Crippen molar-refractivity contribution in [3.05, 3.63) is 75.0 Å². The van der Waals surface area contributed by atoms with Crippen LogP contribution in [0.2, 0.25) is 15.1 Å². The number of hydrogen-bond donors (Lipinski definition) is 0. The summed E-state index contributed by atoms with van der Waals surface area (Å²) in [7, 11) is 1.60. The third kappa shape index (κ3) is 6.68. The topological polar surface area (TPSA) is 93.0 Å². The fraction of sp³-hybridized carbons (Fsp3) is 0.448. The first kappa shape index (κ1) is 30.6. The number of halogens is 3. The molecule has 2 aromatic carbocycles. The summed E-state index contributed by atoms with van der Waals surface area (Å²) in [5, 5.41) is 9.72. The third-order valence-corrected chi connectivity index (χ3v) is 8.88. The number of aromatic nitrogens is 3. The van der Waals surface area contributed by atoms with Crippen LogP contribution < -0.4 is 0 Å². The fourth-order valence-electron chi connectivity index (χ4n) is 5.63. The number of likely N-dealkylation sites (tertiary alicyclic amines) is 1. The minimum absolute atomic E-state index is 0.0366. The molecule has 2 fully saturated rings. The molecule has 13 heteroatoms. The zero-order chi connectivity index (χ0) is 30.0. The quantitative estimate of drug-likeness (QED) is 0.335. The lowest BCUT2D eigenvalue weighted by atomic mass is 10.1. The largest absolute Gasteiger partial charge is 0.445 e. The molecule has 1 aromatic heterocycles. The number of hydrogen-bond acceptors (Lipinski definition) is 7. The first-order chi connectivity index (χ1) is 20.1. The zero-order valence-electron chi connectivity index (χ0n) is 23.6. The highest BCUT2D eigenvalue weighted by molar-refractivity contribution is 6.43. The van der Waals surface area contributed by atoms with Crippen molar-refractivity contribution in [2.24, 2.45) is 0 Å². The molecular formula is C29H33Cl3N6O4. The van der Waals surface area contributed by atoms with E-state index >= 15 is 0 Å². The van der Waals surface area contributed by atoms with E-state index in [1.165, 1.54) is 4.90 Å². The Bertz CT molecular complexity index is 1410. The van der Waals surface area contributed by atoms with E-state index in [1.807, 2.05) is 41.4 Å². The maximum absolute atomic E-state index is 13.8. The maximum atomic E-state index is 13.8. The van der Waals surface area contributed by atoms with Gasteiger partial charge in [0.25, 0.3) is 0 Å². The van der Waals surface area contributed by atoms with Gasteiger partial charge in [0.1, 0.15) is 12.6 Å². The Balaban J connectivity index is 1.22. The van der Waals surface area contributed by atoms with Gasteiger partial charge in [-0.25, -0.2) is 9.48 Å². The van der Waals surface area contributed by atoms with Crippen LogP contribution in [0.5, 0.6) is 0 Å². The van der Waals surface area contributed by atoms with Crippen LogP contribution in [-0.4, -0.2) is 92.7 Å². The van der Waals surface area contributed by atoms with Crippen LogP contribution in [0, 0.1) is 0 Å². The zero-order valence-corrected chi connectivity index (χ0v) is 25.9. The number of ether oxygens (including phenoxy) is 2. The molecule has 0 N–H and O–H groups in total. The molecule has 2 amide bonds. The van der Waals surface area contributed by atoms with Gasteiger partial charge in [0.15, 0.2) is 0 Å². The molecule has 2 saturated heterocycles. The number of carbonyl (C=O) groups excluding carboxylic acids is 2. The Hall–Kier alpha value is -2.89. The second kappa shape index (κ2) is 13.2. The number of carbonyl (C=O) groups is 2. The van der Waals surface area contributed by atoms with E-state index in [0.29, 0.717) is 53.4 Å². The Kier molecular flexibility index (Phi) is 9.59. The van der Waals surface area contributed by atoms with Gasteiger partial charge in [0.2, 0.25) is 5.91 Å². The van der Waals surface area contributed by atoms with Gasteiger partial charge in [-0.3, -0.25) is 14.6 Å². The van der Waals surface area contributed by atoms with Crippen molar-refractivity contribution < 1.29 is 19.1 Å². The lowest BCUT2D eigenvalue weighted by Crippen LogP contribution is -2.60. The van der Waals surface area contributed by atoms with Crippen LogP contribution >= 0.6 is 34.8 Å². The van der Waals surface area contributed by atoms with Gasteiger partial charge in [-0.1, -0.05) is 70.3 Å². The van der Waals surface area contributed by atoms with E-state index in [0.717, 1.165) is 11.3 Å². The normalized spacial score (nSPS) is 22.9. The maximum Gasteiger partial charge on any atom is 0.410 e. The van der Waals surface area contributed by atoms with Crippen LogP contribution in [0.1, 0.15) is 31.5 Å². The van der Waals surface area contributed by atoms with Crippen LogP contribution in [0.15, 0.2) is 48.7 Å². The van der Waals surface area contributed by atoms with E-state index in [9.17, 15) is 9.59 Å². The average Bonchev–Trinajstić information content (AvgIpc) is 3.63. The van der Waals surface area contributed by atoms with Crippen molar-refractivity contribution in [3.63, 3.8) is 0 Å². The number of nitrogens with zero attached hydrogens (tertiary/aromatic N) is 6. The Morgan fingerprint density at radius 3 is 2.36 bits per heavy atom.